The molecule has 0 N–H and O–H groups in total. The number of anilines is 2. The van der Waals surface area contributed by atoms with Crippen molar-refractivity contribution >= 4 is 17.4 Å². The number of benzene rings is 1. The normalized spacial score (nSPS) is 13.9. The molecule has 0 saturated carbocycles. The number of pyridine rings is 1. The smallest absolute Gasteiger partial charge is 0.230 e. The standard InChI is InChI=1S/C21H27N3O/c1-4-18(5-2)21(25)24-14-13-23(20-19(24)7-6-12-22-20)15-17-10-8-16(3)9-11-17/h6-12,18H,4-5,13-15H2,1-3H3. The lowest BCUT2D eigenvalue weighted by Gasteiger charge is -2.38. The zero-order chi connectivity index (χ0) is 17.8. The van der Waals surface area contributed by atoms with Crippen LogP contribution in [0.4, 0.5) is 11.5 Å². The van der Waals surface area contributed by atoms with Gasteiger partial charge in [-0.2, -0.15) is 0 Å². The van der Waals surface area contributed by atoms with Gasteiger partial charge in [0.2, 0.25) is 5.91 Å². The maximum Gasteiger partial charge on any atom is 0.230 e. The summed E-state index contributed by atoms with van der Waals surface area (Å²) in [5, 5.41) is 0. The van der Waals surface area contributed by atoms with Gasteiger partial charge in [-0.3, -0.25) is 4.79 Å². The van der Waals surface area contributed by atoms with Crippen molar-refractivity contribution in [2.75, 3.05) is 22.9 Å². The molecule has 1 aliphatic heterocycles. The first-order chi connectivity index (χ1) is 12.1. The van der Waals surface area contributed by atoms with Crippen molar-refractivity contribution in [1.82, 2.24) is 4.98 Å². The average Bonchev–Trinajstić information content (AvgIpc) is 2.64. The van der Waals surface area contributed by atoms with Crippen molar-refractivity contribution in [3.63, 3.8) is 0 Å². The molecule has 2 aromatic rings. The highest BCUT2D eigenvalue weighted by Gasteiger charge is 2.30. The van der Waals surface area contributed by atoms with Crippen LogP contribution in [0.3, 0.4) is 0 Å². The summed E-state index contributed by atoms with van der Waals surface area (Å²) in [6, 6.07) is 12.5. The fourth-order valence-corrected chi connectivity index (χ4v) is 3.44. The second-order valence-electron chi connectivity index (χ2n) is 6.76. The van der Waals surface area contributed by atoms with E-state index in [4.69, 9.17) is 0 Å². The molecule has 2 heterocycles. The molecule has 4 nitrogen and oxygen atoms in total. The molecular weight excluding hydrogens is 310 g/mol. The zero-order valence-electron chi connectivity index (χ0n) is 15.4. The Morgan fingerprint density at radius 2 is 1.84 bits per heavy atom. The van der Waals surface area contributed by atoms with Gasteiger partial charge in [-0.05, 0) is 37.5 Å². The summed E-state index contributed by atoms with van der Waals surface area (Å²) in [7, 11) is 0. The minimum Gasteiger partial charge on any atom is -0.349 e. The monoisotopic (exact) mass is 337 g/mol. The van der Waals surface area contributed by atoms with E-state index >= 15 is 0 Å². The van der Waals surface area contributed by atoms with Crippen LogP contribution in [0.15, 0.2) is 42.6 Å². The van der Waals surface area contributed by atoms with Gasteiger partial charge in [-0.1, -0.05) is 43.7 Å². The number of carbonyl (C=O) groups is 1. The molecule has 0 radical (unpaired) electrons. The Kier molecular flexibility index (Phi) is 5.37. The lowest BCUT2D eigenvalue weighted by molar-refractivity contribution is -0.122. The van der Waals surface area contributed by atoms with Crippen LogP contribution in [-0.2, 0) is 11.3 Å². The highest BCUT2D eigenvalue weighted by atomic mass is 16.2. The second-order valence-corrected chi connectivity index (χ2v) is 6.76. The van der Waals surface area contributed by atoms with E-state index in [9.17, 15) is 4.79 Å². The van der Waals surface area contributed by atoms with E-state index in [0.29, 0.717) is 0 Å². The highest BCUT2D eigenvalue weighted by Crippen LogP contribution is 2.33. The average molecular weight is 337 g/mol. The Balaban J connectivity index is 1.85. The molecule has 1 aliphatic rings. The van der Waals surface area contributed by atoms with E-state index in [1.807, 2.05) is 23.2 Å². The molecule has 0 unspecified atom stereocenters. The number of aromatic nitrogens is 1. The third-order valence-corrected chi connectivity index (χ3v) is 5.04. The number of hydrogen-bond acceptors (Lipinski definition) is 3. The van der Waals surface area contributed by atoms with E-state index < -0.39 is 0 Å². The van der Waals surface area contributed by atoms with Gasteiger partial charge >= 0.3 is 0 Å². The molecule has 0 atom stereocenters. The first kappa shape index (κ1) is 17.5. The molecule has 3 rings (SSSR count). The molecule has 1 aromatic carbocycles. The summed E-state index contributed by atoms with van der Waals surface area (Å²) >= 11 is 0. The van der Waals surface area contributed by atoms with Crippen LogP contribution in [0.25, 0.3) is 0 Å². The van der Waals surface area contributed by atoms with Gasteiger partial charge in [-0.15, -0.1) is 0 Å². The summed E-state index contributed by atoms with van der Waals surface area (Å²) in [4.78, 5) is 21.7. The molecule has 4 heteroatoms. The molecule has 0 saturated heterocycles. The largest absolute Gasteiger partial charge is 0.349 e. The number of nitrogens with zero attached hydrogens (tertiary/aromatic N) is 3. The van der Waals surface area contributed by atoms with Gasteiger partial charge in [0.25, 0.3) is 0 Å². The van der Waals surface area contributed by atoms with Gasteiger partial charge in [0, 0.05) is 31.7 Å². The van der Waals surface area contributed by atoms with Crippen molar-refractivity contribution in [1.29, 1.82) is 0 Å². The predicted octanol–water partition coefficient (Wildman–Crippen LogP) is 4.18. The number of fused-ring (bicyclic) bond motifs is 1. The molecule has 0 fully saturated rings. The minimum absolute atomic E-state index is 0.0942. The lowest BCUT2D eigenvalue weighted by Crippen LogP contribution is -2.46. The molecular formula is C21H27N3O. The maximum absolute atomic E-state index is 12.9. The number of carbonyl (C=O) groups excluding carboxylic acids is 1. The van der Waals surface area contributed by atoms with Gasteiger partial charge < -0.3 is 9.80 Å². The third-order valence-electron chi connectivity index (χ3n) is 5.04. The van der Waals surface area contributed by atoms with Gasteiger partial charge in [0.1, 0.15) is 0 Å². The van der Waals surface area contributed by atoms with Crippen molar-refractivity contribution in [2.24, 2.45) is 5.92 Å². The predicted molar refractivity (Wildman–Crippen MR) is 103 cm³/mol. The van der Waals surface area contributed by atoms with Crippen molar-refractivity contribution in [3.05, 3.63) is 53.7 Å². The van der Waals surface area contributed by atoms with Crippen LogP contribution in [0.2, 0.25) is 0 Å². The maximum atomic E-state index is 12.9. The van der Waals surface area contributed by atoms with Gasteiger partial charge in [-0.25, -0.2) is 4.98 Å². The summed E-state index contributed by atoms with van der Waals surface area (Å²) in [6.45, 7) is 8.62. The van der Waals surface area contributed by atoms with Crippen LogP contribution in [0.5, 0.6) is 0 Å². The molecule has 1 amide bonds. The number of amides is 1. The Morgan fingerprint density at radius 1 is 1.12 bits per heavy atom. The summed E-state index contributed by atoms with van der Waals surface area (Å²) < 4.78 is 0. The van der Waals surface area contributed by atoms with Gasteiger partial charge in [0.05, 0.1) is 5.69 Å². The van der Waals surface area contributed by atoms with Crippen molar-refractivity contribution in [2.45, 2.75) is 40.2 Å². The summed E-state index contributed by atoms with van der Waals surface area (Å²) in [5.74, 6) is 1.24. The summed E-state index contributed by atoms with van der Waals surface area (Å²) in [6.07, 6.45) is 3.58. The van der Waals surface area contributed by atoms with E-state index in [-0.39, 0.29) is 11.8 Å². The summed E-state index contributed by atoms with van der Waals surface area (Å²) in [5.41, 5.74) is 3.47. The van der Waals surface area contributed by atoms with Gasteiger partial charge in [0.15, 0.2) is 5.82 Å². The van der Waals surface area contributed by atoms with E-state index in [1.165, 1.54) is 11.1 Å². The Morgan fingerprint density at radius 3 is 2.52 bits per heavy atom. The lowest BCUT2D eigenvalue weighted by atomic mass is 10.0. The topological polar surface area (TPSA) is 36.4 Å². The molecule has 0 aliphatic carbocycles. The van der Waals surface area contributed by atoms with E-state index in [0.717, 1.165) is 44.0 Å². The van der Waals surface area contributed by atoms with Crippen LogP contribution < -0.4 is 9.80 Å². The Labute approximate surface area is 150 Å². The van der Waals surface area contributed by atoms with E-state index in [2.05, 4.69) is 54.9 Å². The first-order valence-electron chi connectivity index (χ1n) is 9.21. The molecule has 1 aromatic heterocycles. The zero-order valence-corrected chi connectivity index (χ0v) is 15.4. The van der Waals surface area contributed by atoms with Crippen LogP contribution in [0, 0.1) is 12.8 Å². The Hall–Kier alpha value is -2.36. The quantitative estimate of drug-likeness (QED) is 0.821. The molecule has 0 bridgehead atoms. The van der Waals surface area contributed by atoms with Crippen LogP contribution in [0.1, 0.15) is 37.8 Å². The Bertz CT molecular complexity index is 722. The number of aryl methyl sites for hydroxylation is 1. The fourth-order valence-electron chi connectivity index (χ4n) is 3.44. The van der Waals surface area contributed by atoms with Crippen LogP contribution in [-0.4, -0.2) is 24.0 Å². The molecule has 25 heavy (non-hydrogen) atoms. The third kappa shape index (κ3) is 3.68. The highest BCUT2D eigenvalue weighted by molar-refractivity contribution is 5.98. The number of hydrogen-bond donors (Lipinski definition) is 0. The SMILES string of the molecule is CCC(CC)C(=O)N1CCN(Cc2ccc(C)cc2)c2ncccc21. The van der Waals surface area contributed by atoms with Crippen LogP contribution >= 0.6 is 0 Å². The minimum atomic E-state index is 0.0942. The first-order valence-corrected chi connectivity index (χ1v) is 9.21. The second kappa shape index (κ2) is 7.68. The fraction of sp³-hybridized carbons (Fsp3) is 0.429. The molecule has 132 valence electrons. The molecule has 0 spiro atoms. The van der Waals surface area contributed by atoms with E-state index in [1.54, 1.807) is 0 Å². The number of rotatable bonds is 5. The van der Waals surface area contributed by atoms with Crippen molar-refractivity contribution < 1.29 is 4.79 Å². The van der Waals surface area contributed by atoms with Crippen molar-refractivity contribution in [3.8, 4) is 0 Å².